The van der Waals surface area contributed by atoms with Crippen LogP contribution in [-0.2, 0) is 0 Å². The lowest BCUT2D eigenvalue weighted by Gasteiger charge is -2.05. The molecule has 1 rings (SSSR count). The van der Waals surface area contributed by atoms with Gasteiger partial charge in [-0.3, -0.25) is 0 Å². The number of nitriles is 1. The highest BCUT2D eigenvalue weighted by molar-refractivity contribution is 7.99. The fraction of sp³-hybridized carbons (Fsp3) is 0.417. The van der Waals surface area contributed by atoms with E-state index in [0.29, 0.717) is 11.5 Å². The second-order valence-corrected chi connectivity index (χ2v) is 4.92. The van der Waals surface area contributed by atoms with Gasteiger partial charge in [-0.2, -0.15) is 5.26 Å². The van der Waals surface area contributed by atoms with Gasteiger partial charge < -0.3 is 0 Å². The van der Waals surface area contributed by atoms with Crippen LogP contribution in [0.5, 0.6) is 0 Å². The first-order valence-electron chi connectivity index (χ1n) is 4.96. The van der Waals surface area contributed by atoms with Crippen molar-refractivity contribution < 1.29 is 4.39 Å². The topological polar surface area (TPSA) is 23.8 Å². The zero-order valence-corrected chi connectivity index (χ0v) is 9.77. The number of benzene rings is 1. The summed E-state index contributed by atoms with van der Waals surface area (Å²) in [5.74, 6) is 1.28. The second-order valence-electron chi connectivity index (χ2n) is 3.78. The molecule has 0 heterocycles. The van der Waals surface area contributed by atoms with E-state index >= 15 is 0 Å². The number of hydrogen-bond donors (Lipinski definition) is 0. The zero-order chi connectivity index (χ0) is 11.3. The fourth-order valence-electron chi connectivity index (χ4n) is 1.12. The van der Waals surface area contributed by atoms with Gasteiger partial charge in [-0.1, -0.05) is 13.8 Å². The lowest BCUT2D eigenvalue weighted by molar-refractivity contribution is 0.625. The van der Waals surface area contributed by atoms with Gasteiger partial charge in [0.25, 0.3) is 0 Å². The summed E-state index contributed by atoms with van der Waals surface area (Å²) in [7, 11) is 0. The number of nitrogens with zero attached hydrogens (tertiary/aromatic N) is 1. The molecule has 0 spiro atoms. The number of rotatable bonds is 4. The van der Waals surface area contributed by atoms with E-state index in [1.165, 1.54) is 12.1 Å². The summed E-state index contributed by atoms with van der Waals surface area (Å²) in [5, 5.41) is 8.82. The predicted octanol–water partition coefficient (Wildman–Crippen LogP) is 3.84. The minimum Gasteiger partial charge on any atom is -0.207 e. The Morgan fingerprint density at radius 1 is 1.47 bits per heavy atom. The van der Waals surface area contributed by atoms with Crippen molar-refractivity contribution in [2.75, 3.05) is 5.75 Å². The quantitative estimate of drug-likeness (QED) is 0.724. The molecular weight excluding hydrogens is 209 g/mol. The molecule has 0 bridgehead atoms. The highest BCUT2D eigenvalue weighted by atomic mass is 32.2. The predicted molar refractivity (Wildman–Crippen MR) is 61.3 cm³/mol. The Bertz CT molecular complexity index is 368. The molecule has 0 saturated carbocycles. The Morgan fingerprint density at radius 2 is 2.20 bits per heavy atom. The summed E-state index contributed by atoms with van der Waals surface area (Å²) in [6.07, 6.45) is 1.10. The summed E-state index contributed by atoms with van der Waals surface area (Å²) in [4.78, 5) is 0.875. The first kappa shape index (κ1) is 12.1. The first-order chi connectivity index (χ1) is 7.13. The molecule has 0 aliphatic carbocycles. The van der Waals surface area contributed by atoms with Crippen molar-refractivity contribution in [3.8, 4) is 6.07 Å². The van der Waals surface area contributed by atoms with Crippen molar-refractivity contribution in [3.63, 3.8) is 0 Å². The molecule has 1 nitrogen and oxygen atoms in total. The molecular formula is C12H14FNS. The van der Waals surface area contributed by atoms with Gasteiger partial charge in [0, 0.05) is 4.90 Å². The van der Waals surface area contributed by atoms with Crippen molar-refractivity contribution in [1.29, 1.82) is 5.26 Å². The van der Waals surface area contributed by atoms with Gasteiger partial charge in [0.1, 0.15) is 11.9 Å². The highest BCUT2D eigenvalue weighted by Crippen LogP contribution is 2.24. The lowest BCUT2D eigenvalue weighted by atomic mass is 10.2. The van der Waals surface area contributed by atoms with Crippen LogP contribution in [0, 0.1) is 23.1 Å². The third-order valence-corrected chi connectivity index (χ3v) is 3.12. The maximum Gasteiger partial charge on any atom is 0.124 e. The van der Waals surface area contributed by atoms with Crippen molar-refractivity contribution in [2.45, 2.75) is 25.2 Å². The molecule has 80 valence electrons. The molecule has 15 heavy (non-hydrogen) atoms. The van der Waals surface area contributed by atoms with Gasteiger partial charge >= 0.3 is 0 Å². The first-order valence-corrected chi connectivity index (χ1v) is 5.94. The smallest absolute Gasteiger partial charge is 0.124 e. The summed E-state index contributed by atoms with van der Waals surface area (Å²) in [6.45, 7) is 4.33. The van der Waals surface area contributed by atoms with Gasteiger partial charge in [0.2, 0.25) is 0 Å². The summed E-state index contributed by atoms with van der Waals surface area (Å²) in [5.41, 5.74) is 0.434. The van der Waals surface area contributed by atoms with E-state index in [1.807, 2.05) is 6.07 Å². The van der Waals surface area contributed by atoms with Crippen LogP contribution in [0.2, 0.25) is 0 Å². The third-order valence-electron chi connectivity index (χ3n) is 2.01. The molecule has 0 aromatic heterocycles. The number of halogens is 1. The van der Waals surface area contributed by atoms with Crippen LogP contribution in [0.4, 0.5) is 4.39 Å². The van der Waals surface area contributed by atoms with Crippen molar-refractivity contribution in [2.24, 2.45) is 5.92 Å². The average molecular weight is 223 g/mol. The Labute approximate surface area is 94.3 Å². The molecule has 0 aliphatic heterocycles. The van der Waals surface area contributed by atoms with Crippen molar-refractivity contribution in [3.05, 3.63) is 29.6 Å². The lowest BCUT2D eigenvalue weighted by Crippen LogP contribution is -1.91. The van der Waals surface area contributed by atoms with E-state index in [9.17, 15) is 4.39 Å². The largest absolute Gasteiger partial charge is 0.207 e. The molecule has 0 aliphatic rings. The molecule has 0 saturated heterocycles. The van der Waals surface area contributed by atoms with E-state index in [4.69, 9.17) is 5.26 Å². The van der Waals surface area contributed by atoms with Crippen LogP contribution in [0.15, 0.2) is 23.1 Å². The van der Waals surface area contributed by atoms with Crippen LogP contribution >= 0.6 is 11.8 Å². The monoisotopic (exact) mass is 223 g/mol. The molecule has 0 amide bonds. The SMILES string of the molecule is CC(C)CCSc1ccc(F)cc1C#N. The summed E-state index contributed by atoms with van der Waals surface area (Å²) >= 11 is 1.62. The number of hydrogen-bond acceptors (Lipinski definition) is 2. The second kappa shape index (κ2) is 5.77. The summed E-state index contributed by atoms with van der Waals surface area (Å²) < 4.78 is 12.8. The molecule has 0 N–H and O–H groups in total. The van der Waals surface area contributed by atoms with Gasteiger partial charge in [-0.25, -0.2) is 4.39 Å². The van der Waals surface area contributed by atoms with E-state index in [0.717, 1.165) is 17.1 Å². The summed E-state index contributed by atoms with van der Waals surface area (Å²) in [6, 6.07) is 6.38. The Balaban J connectivity index is 2.65. The average Bonchev–Trinajstić information content (AvgIpc) is 2.19. The molecule has 0 atom stereocenters. The van der Waals surface area contributed by atoms with Gasteiger partial charge in [0.05, 0.1) is 5.56 Å². The minimum atomic E-state index is -0.347. The fourth-order valence-corrected chi connectivity index (χ4v) is 2.35. The highest BCUT2D eigenvalue weighted by Gasteiger charge is 2.04. The van der Waals surface area contributed by atoms with Crippen LogP contribution in [-0.4, -0.2) is 5.75 Å². The molecule has 1 aromatic carbocycles. The standard InChI is InChI=1S/C12H14FNS/c1-9(2)5-6-15-12-4-3-11(13)7-10(12)8-14/h3-4,7,9H,5-6H2,1-2H3. The van der Waals surface area contributed by atoms with Gasteiger partial charge in [-0.15, -0.1) is 11.8 Å². The van der Waals surface area contributed by atoms with E-state index < -0.39 is 0 Å². The van der Waals surface area contributed by atoms with Crippen molar-refractivity contribution in [1.82, 2.24) is 0 Å². The normalized spacial score (nSPS) is 10.3. The third kappa shape index (κ3) is 3.93. The van der Waals surface area contributed by atoms with Gasteiger partial charge in [0.15, 0.2) is 0 Å². The maximum atomic E-state index is 12.8. The minimum absolute atomic E-state index is 0.347. The van der Waals surface area contributed by atoms with E-state index in [2.05, 4.69) is 13.8 Å². The van der Waals surface area contributed by atoms with Crippen LogP contribution in [0.25, 0.3) is 0 Å². The number of thioether (sulfide) groups is 1. The molecule has 0 unspecified atom stereocenters. The molecule has 0 radical (unpaired) electrons. The van der Waals surface area contributed by atoms with Crippen molar-refractivity contribution >= 4 is 11.8 Å². The van der Waals surface area contributed by atoms with Crippen LogP contribution in [0.1, 0.15) is 25.8 Å². The molecule has 1 aromatic rings. The van der Waals surface area contributed by atoms with Gasteiger partial charge in [-0.05, 0) is 36.3 Å². The maximum absolute atomic E-state index is 12.8. The van der Waals surface area contributed by atoms with Crippen LogP contribution in [0.3, 0.4) is 0 Å². The van der Waals surface area contributed by atoms with E-state index in [-0.39, 0.29) is 5.82 Å². The Kier molecular flexibility index (Phi) is 4.64. The molecule has 0 fully saturated rings. The zero-order valence-electron chi connectivity index (χ0n) is 8.96. The Morgan fingerprint density at radius 3 is 2.80 bits per heavy atom. The Hall–Kier alpha value is -1.01. The van der Waals surface area contributed by atoms with Crippen LogP contribution < -0.4 is 0 Å². The molecule has 3 heteroatoms. The van der Waals surface area contributed by atoms with E-state index in [1.54, 1.807) is 17.8 Å².